The summed E-state index contributed by atoms with van der Waals surface area (Å²) >= 11 is 7.69. The van der Waals surface area contributed by atoms with E-state index >= 15 is 0 Å². The highest BCUT2D eigenvalue weighted by molar-refractivity contribution is 7.98. The molecule has 0 spiro atoms. The monoisotopic (exact) mass is 220 g/mol. The van der Waals surface area contributed by atoms with Gasteiger partial charge in [-0.25, -0.2) is 0 Å². The van der Waals surface area contributed by atoms with Gasteiger partial charge in [0.05, 0.1) is 23.0 Å². The molecule has 0 aliphatic heterocycles. The van der Waals surface area contributed by atoms with Crippen LogP contribution in [0.2, 0.25) is 5.02 Å². The van der Waals surface area contributed by atoms with Gasteiger partial charge < -0.3 is 5.11 Å². The van der Waals surface area contributed by atoms with Gasteiger partial charge in [-0.3, -0.25) is 4.68 Å². The Labute approximate surface area is 87.1 Å². The van der Waals surface area contributed by atoms with Gasteiger partial charge >= 0.3 is 0 Å². The maximum atomic E-state index is 8.61. The number of hydrogen-bond acceptors (Lipinski definition) is 3. The number of aliphatic hydroxyl groups excluding tert-OH is 1. The first-order valence-electron chi connectivity index (χ1n) is 4.03. The Hall–Kier alpha value is -0.190. The third-order valence-corrected chi connectivity index (χ3v) is 3.18. The fourth-order valence-corrected chi connectivity index (χ4v) is 2.17. The minimum absolute atomic E-state index is 0.207. The predicted molar refractivity (Wildman–Crippen MR) is 56.2 cm³/mol. The average molecular weight is 221 g/mol. The fraction of sp³-hybridized carbons (Fsp3) is 0.625. The van der Waals surface area contributed by atoms with Gasteiger partial charge in [-0.2, -0.15) is 16.9 Å². The van der Waals surface area contributed by atoms with Gasteiger partial charge in [-0.1, -0.05) is 11.6 Å². The van der Waals surface area contributed by atoms with Crippen molar-refractivity contribution in [3.8, 4) is 0 Å². The molecule has 5 heteroatoms. The van der Waals surface area contributed by atoms with Gasteiger partial charge in [0.1, 0.15) is 0 Å². The molecule has 0 aliphatic rings. The van der Waals surface area contributed by atoms with E-state index < -0.39 is 0 Å². The SMILES string of the molecule is Cc1nn(C)c(CSCCO)c1Cl. The van der Waals surface area contributed by atoms with Crippen molar-refractivity contribution < 1.29 is 5.11 Å². The van der Waals surface area contributed by atoms with Gasteiger partial charge in [-0.15, -0.1) is 0 Å². The van der Waals surface area contributed by atoms with Crippen LogP contribution in [0.5, 0.6) is 0 Å². The highest BCUT2D eigenvalue weighted by Gasteiger charge is 2.09. The van der Waals surface area contributed by atoms with E-state index in [0.717, 1.165) is 27.9 Å². The van der Waals surface area contributed by atoms with Crippen molar-refractivity contribution >= 4 is 23.4 Å². The van der Waals surface area contributed by atoms with Crippen molar-refractivity contribution in [2.24, 2.45) is 7.05 Å². The molecule has 3 nitrogen and oxygen atoms in total. The molecule has 0 saturated heterocycles. The fourth-order valence-electron chi connectivity index (χ4n) is 1.07. The highest BCUT2D eigenvalue weighted by Crippen LogP contribution is 2.23. The maximum Gasteiger partial charge on any atom is 0.0855 e. The number of hydrogen-bond donors (Lipinski definition) is 1. The second kappa shape index (κ2) is 4.88. The van der Waals surface area contributed by atoms with Gasteiger partial charge in [0.2, 0.25) is 0 Å². The molecule has 0 unspecified atom stereocenters. The molecule has 0 radical (unpaired) electrons. The summed E-state index contributed by atoms with van der Waals surface area (Å²) in [6, 6.07) is 0. The predicted octanol–water partition coefficient (Wildman–Crippen LogP) is 1.61. The van der Waals surface area contributed by atoms with E-state index in [2.05, 4.69) is 5.10 Å². The summed E-state index contributed by atoms with van der Waals surface area (Å²) < 4.78 is 1.79. The van der Waals surface area contributed by atoms with E-state index in [9.17, 15) is 0 Å². The van der Waals surface area contributed by atoms with Crippen molar-refractivity contribution in [1.82, 2.24) is 9.78 Å². The number of thioether (sulfide) groups is 1. The molecule has 0 aromatic carbocycles. The van der Waals surface area contributed by atoms with E-state index in [-0.39, 0.29) is 6.61 Å². The number of rotatable bonds is 4. The third kappa shape index (κ3) is 2.62. The van der Waals surface area contributed by atoms with E-state index in [1.807, 2.05) is 14.0 Å². The molecule has 13 heavy (non-hydrogen) atoms. The Morgan fingerprint density at radius 2 is 2.31 bits per heavy atom. The summed E-state index contributed by atoms with van der Waals surface area (Å²) in [4.78, 5) is 0. The second-order valence-corrected chi connectivity index (χ2v) is 4.23. The van der Waals surface area contributed by atoms with Crippen LogP contribution in [-0.2, 0) is 12.8 Å². The summed E-state index contributed by atoms with van der Waals surface area (Å²) in [7, 11) is 1.88. The molecule has 0 atom stereocenters. The minimum Gasteiger partial charge on any atom is -0.396 e. The standard InChI is InChI=1S/C8H13ClN2OS/c1-6-8(9)7(11(2)10-6)5-13-4-3-12/h12H,3-5H2,1-2H3. The van der Waals surface area contributed by atoms with Crippen LogP contribution in [0.1, 0.15) is 11.4 Å². The lowest BCUT2D eigenvalue weighted by Gasteiger charge is -2.01. The van der Waals surface area contributed by atoms with Crippen molar-refractivity contribution in [2.45, 2.75) is 12.7 Å². The zero-order valence-corrected chi connectivity index (χ0v) is 9.32. The highest BCUT2D eigenvalue weighted by atomic mass is 35.5. The van der Waals surface area contributed by atoms with Gasteiger partial charge in [0.25, 0.3) is 0 Å². The summed E-state index contributed by atoms with van der Waals surface area (Å²) in [6.45, 7) is 2.10. The molecule has 1 rings (SSSR count). The van der Waals surface area contributed by atoms with Crippen LogP contribution in [0.3, 0.4) is 0 Å². The van der Waals surface area contributed by atoms with Crippen LogP contribution in [0.25, 0.3) is 0 Å². The molecule has 0 fully saturated rings. The Kier molecular flexibility index (Phi) is 4.09. The summed E-state index contributed by atoms with van der Waals surface area (Å²) in [5.41, 5.74) is 1.89. The number of aryl methyl sites for hydroxylation is 2. The lowest BCUT2D eigenvalue weighted by Crippen LogP contribution is -1.97. The third-order valence-electron chi connectivity index (χ3n) is 1.74. The molecule has 1 aromatic rings. The molecule has 1 heterocycles. The Bertz CT molecular complexity index is 288. The Morgan fingerprint density at radius 3 is 2.77 bits per heavy atom. The van der Waals surface area contributed by atoms with Gasteiger partial charge in [0.15, 0.2) is 0 Å². The smallest absolute Gasteiger partial charge is 0.0855 e. The zero-order valence-electron chi connectivity index (χ0n) is 7.75. The molecule has 0 aliphatic carbocycles. The summed E-state index contributed by atoms with van der Waals surface area (Å²) in [6.07, 6.45) is 0. The van der Waals surface area contributed by atoms with Crippen molar-refractivity contribution in [3.05, 3.63) is 16.4 Å². The molecular weight excluding hydrogens is 208 g/mol. The molecule has 0 bridgehead atoms. The largest absolute Gasteiger partial charge is 0.396 e. The Balaban J connectivity index is 2.64. The zero-order chi connectivity index (χ0) is 9.84. The van der Waals surface area contributed by atoms with Crippen LogP contribution < -0.4 is 0 Å². The summed E-state index contributed by atoms with van der Waals surface area (Å²) in [5, 5.41) is 13.6. The van der Waals surface area contributed by atoms with E-state index in [1.165, 1.54) is 0 Å². The van der Waals surface area contributed by atoms with E-state index in [1.54, 1.807) is 16.4 Å². The topological polar surface area (TPSA) is 38.0 Å². The lowest BCUT2D eigenvalue weighted by molar-refractivity contribution is 0.322. The minimum atomic E-state index is 0.207. The van der Waals surface area contributed by atoms with Crippen LogP contribution >= 0.6 is 23.4 Å². The molecular formula is C8H13ClN2OS. The van der Waals surface area contributed by atoms with Gasteiger partial charge in [0, 0.05) is 18.6 Å². The molecule has 1 aromatic heterocycles. The molecule has 1 N–H and O–H groups in total. The van der Waals surface area contributed by atoms with Crippen molar-refractivity contribution in [2.75, 3.05) is 12.4 Å². The van der Waals surface area contributed by atoms with E-state index in [0.29, 0.717) is 0 Å². The molecule has 74 valence electrons. The molecule has 0 saturated carbocycles. The number of aliphatic hydroxyl groups is 1. The van der Waals surface area contributed by atoms with Crippen LogP contribution in [0.4, 0.5) is 0 Å². The van der Waals surface area contributed by atoms with Crippen LogP contribution in [0, 0.1) is 6.92 Å². The summed E-state index contributed by atoms with van der Waals surface area (Å²) in [5.74, 6) is 1.54. The Morgan fingerprint density at radius 1 is 1.62 bits per heavy atom. The van der Waals surface area contributed by atoms with E-state index in [4.69, 9.17) is 16.7 Å². The number of nitrogens with zero attached hydrogens (tertiary/aromatic N) is 2. The second-order valence-electron chi connectivity index (χ2n) is 2.75. The average Bonchev–Trinajstić information content (AvgIpc) is 2.32. The quantitative estimate of drug-likeness (QED) is 0.784. The first kappa shape index (κ1) is 10.9. The number of aromatic nitrogens is 2. The molecule has 0 amide bonds. The first-order chi connectivity index (χ1) is 6.16. The first-order valence-corrected chi connectivity index (χ1v) is 5.56. The van der Waals surface area contributed by atoms with Gasteiger partial charge in [-0.05, 0) is 6.92 Å². The maximum absolute atomic E-state index is 8.61. The van der Waals surface area contributed by atoms with Crippen LogP contribution in [0.15, 0.2) is 0 Å². The van der Waals surface area contributed by atoms with Crippen LogP contribution in [-0.4, -0.2) is 27.2 Å². The van der Waals surface area contributed by atoms with Crippen molar-refractivity contribution in [3.63, 3.8) is 0 Å². The van der Waals surface area contributed by atoms with Crippen molar-refractivity contribution in [1.29, 1.82) is 0 Å². The normalized spacial score (nSPS) is 10.8. The number of halogens is 1. The lowest BCUT2D eigenvalue weighted by atomic mass is 10.4.